The Bertz CT molecular complexity index is 354. The molecule has 0 spiro atoms. The van der Waals surface area contributed by atoms with Crippen LogP contribution in [0.5, 0.6) is 0 Å². The molecule has 0 aromatic heterocycles. The van der Waals surface area contributed by atoms with Crippen molar-refractivity contribution in [2.75, 3.05) is 18.0 Å². The molecule has 0 amide bonds. The van der Waals surface area contributed by atoms with Gasteiger partial charge in [0.15, 0.2) is 0 Å². The van der Waals surface area contributed by atoms with Crippen molar-refractivity contribution >= 4 is 5.69 Å². The number of hydrogen-bond donors (Lipinski definition) is 1. The molecule has 0 saturated carbocycles. The van der Waals surface area contributed by atoms with Gasteiger partial charge in [-0.05, 0) is 50.9 Å². The third kappa shape index (κ3) is 4.87. The predicted octanol–water partition coefficient (Wildman–Crippen LogP) is 4.23. The third-order valence-corrected chi connectivity index (χ3v) is 3.42. The van der Waals surface area contributed by atoms with E-state index in [9.17, 15) is 0 Å². The van der Waals surface area contributed by atoms with Crippen LogP contribution in [0.3, 0.4) is 0 Å². The molecule has 0 fully saturated rings. The topological polar surface area (TPSA) is 15.3 Å². The van der Waals surface area contributed by atoms with Crippen LogP contribution in [-0.4, -0.2) is 19.1 Å². The van der Waals surface area contributed by atoms with Gasteiger partial charge in [0, 0.05) is 24.3 Å². The minimum atomic E-state index is 0.427. The summed E-state index contributed by atoms with van der Waals surface area (Å²) >= 11 is 0. The van der Waals surface area contributed by atoms with E-state index >= 15 is 0 Å². The van der Waals surface area contributed by atoms with Crippen LogP contribution in [0.25, 0.3) is 0 Å². The quantitative estimate of drug-likeness (QED) is 0.791. The molecule has 19 heavy (non-hydrogen) atoms. The Labute approximate surface area is 119 Å². The summed E-state index contributed by atoms with van der Waals surface area (Å²) in [6, 6.07) is 9.98. The zero-order valence-corrected chi connectivity index (χ0v) is 13.4. The number of anilines is 1. The van der Waals surface area contributed by atoms with Gasteiger partial charge >= 0.3 is 0 Å². The van der Waals surface area contributed by atoms with Gasteiger partial charge in [0.25, 0.3) is 0 Å². The number of nitrogens with zero attached hydrogens (tertiary/aromatic N) is 1. The highest BCUT2D eigenvalue weighted by Crippen LogP contribution is 2.22. The van der Waals surface area contributed by atoms with Gasteiger partial charge in [-0.15, -0.1) is 0 Å². The van der Waals surface area contributed by atoms with Crippen LogP contribution in [0.2, 0.25) is 0 Å². The molecule has 0 saturated heterocycles. The maximum absolute atomic E-state index is 3.45. The lowest BCUT2D eigenvalue weighted by molar-refractivity contribution is 0.570. The summed E-state index contributed by atoms with van der Waals surface area (Å²) in [4.78, 5) is 2.48. The Balaban J connectivity index is 2.83. The highest BCUT2D eigenvalue weighted by atomic mass is 15.2. The van der Waals surface area contributed by atoms with Gasteiger partial charge < -0.3 is 10.2 Å². The highest BCUT2D eigenvalue weighted by molar-refractivity contribution is 5.48. The average molecular weight is 262 g/mol. The van der Waals surface area contributed by atoms with Gasteiger partial charge in [-0.3, -0.25) is 0 Å². The molecule has 1 unspecified atom stereocenters. The first-order chi connectivity index (χ1) is 8.95. The number of rotatable bonds is 7. The van der Waals surface area contributed by atoms with E-state index in [1.165, 1.54) is 11.3 Å². The molecule has 0 bridgehead atoms. The molecule has 0 aliphatic heterocycles. The lowest BCUT2D eigenvalue weighted by Crippen LogP contribution is -2.34. The molecule has 0 heterocycles. The smallest absolute Gasteiger partial charge is 0.0368 e. The second kappa shape index (κ2) is 7.54. The molecule has 0 aliphatic rings. The van der Waals surface area contributed by atoms with Gasteiger partial charge in [-0.25, -0.2) is 0 Å². The Morgan fingerprint density at radius 3 is 2.00 bits per heavy atom. The van der Waals surface area contributed by atoms with Crippen LogP contribution in [-0.2, 0) is 0 Å². The predicted molar refractivity (Wildman–Crippen MR) is 85.9 cm³/mol. The third-order valence-electron chi connectivity index (χ3n) is 3.42. The van der Waals surface area contributed by atoms with Crippen molar-refractivity contribution in [2.24, 2.45) is 5.92 Å². The minimum Gasteiger partial charge on any atom is -0.369 e. The van der Waals surface area contributed by atoms with E-state index in [4.69, 9.17) is 0 Å². The normalized spacial score (nSPS) is 13.1. The van der Waals surface area contributed by atoms with Crippen LogP contribution < -0.4 is 10.2 Å². The SMILES string of the molecule is CCNC(C)c1ccc(N(CC(C)C)C(C)C)cc1. The lowest BCUT2D eigenvalue weighted by atomic mass is 10.1. The van der Waals surface area contributed by atoms with E-state index in [-0.39, 0.29) is 0 Å². The Kier molecular flexibility index (Phi) is 6.36. The van der Waals surface area contributed by atoms with Crippen molar-refractivity contribution in [3.63, 3.8) is 0 Å². The molecule has 0 aliphatic carbocycles. The van der Waals surface area contributed by atoms with Crippen molar-refractivity contribution in [1.29, 1.82) is 0 Å². The molecule has 1 aromatic rings. The van der Waals surface area contributed by atoms with Gasteiger partial charge in [0.2, 0.25) is 0 Å². The highest BCUT2D eigenvalue weighted by Gasteiger charge is 2.12. The van der Waals surface area contributed by atoms with E-state index in [0.29, 0.717) is 18.0 Å². The fourth-order valence-electron chi connectivity index (χ4n) is 2.39. The second-order valence-electron chi connectivity index (χ2n) is 6.01. The number of benzene rings is 1. The second-order valence-corrected chi connectivity index (χ2v) is 6.01. The maximum atomic E-state index is 3.45. The van der Waals surface area contributed by atoms with Crippen LogP contribution >= 0.6 is 0 Å². The molecule has 2 nitrogen and oxygen atoms in total. The van der Waals surface area contributed by atoms with Gasteiger partial charge in [-0.2, -0.15) is 0 Å². The number of hydrogen-bond acceptors (Lipinski definition) is 2. The molecule has 1 aromatic carbocycles. The minimum absolute atomic E-state index is 0.427. The van der Waals surface area contributed by atoms with E-state index < -0.39 is 0 Å². The van der Waals surface area contributed by atoms with Gasteiger partial charge in [0.05, 0.1) is 0 Å². The maximum Gasteiger partial charge on any atom is 0.0368 e. The summed E-state index contributed by atoms with van der Waals surface area (Å²) in [5, 5.41) is 3.45. The molecule has 108 valence electrons. The summed E-state index contributed by atoms with van der Waals surface area (Å²) in [6.07, 6.45) is 0. The van der Waals surface area contributed by atoms with Crippen LogP contribution in [0, 0.1) is 5.92 Å². The van der Waals surface area contributed by atoms with E-state index in [1.807, 2.05) is 0 Å². The van der Waals surface area contributed by atoms with Crippen LogP contribution in [0.4, 0.5) is 5.69 Å². The molecule has 0 radical (unpaired) electrons. The monoisotopic (exact) mass is 262 g/mol. The molecule has 1 atom stereocenters. The first kappa shape index (κ1) is 16.0. The standard InChI is InChI=1S/C17H30N2/c1-7-18-15(6)16-8-10-17(11-9-16)19(14(4)5)12-13(2)3/h8-11,13-15,18H,7,12H2,1-6H3. The summed E-state index contributed by atoms with van der Waals surface area (Å²) in [7, 11) is 0. The summed E-state index contributed by atoms with van der Waals surface area (Å²) < 4.78 is 0. The fourth-order valence-corrected chi connectivity index (χ4v) is 2.39. The van der Waals surface area contributed by atoms with E-state index in [1.54, 1.807) is 0 Å². The molecule has 1 rings (SSSR count). The Morgan fingerprint density at radius 1 is 1.00 bits per heavy atom. The van der Waals surface area contributed by atoms with Crippen LogP contribution in [0.1, 0.15) is 53.1 Å². The number of nitrogens with one attached hydrogen (secondary N) is 1. The van der Waals surface area contributed by atoms with Crippen LogP contribution in [0.15, 0.2) is 24.3 Å². The largest absolute Gasteiger partial charge is 0.369 e. The van der Waals surface area contributed by atoms with E-state index in [2.05, 4.69) is 76.0 Å². The molecule has 2 heteroatoms. The summed E-state index contributed by atoms with van der Waals surface area (Å²) in [6.45, 7) is 15.6. The van der Waals surface area contributed by atoms with Gasteiger partial charge in [-0.1, -0.05) is 32.9 Å². The average Bonchev–Trinajstić information content (AvgIpc) is 2.36. The van der Waals surface area contributed by atoms with Crippen molar-refractivity contribution in [2.45, 2.75) is 53.6 Å². The van der Waals surface area contributed by atoms with E-state index in [0.717, 1.165) is 13.1 Å². The molecule has 1 N–H and O–H groups in total. The Morgan fingerprint density at radius 2 is 1.58 bits per heavy atom. The molecular weight excluding hydrogens is 232 g/mol. The van der Waals surface area contributed by atoms with Crippen molar-refractivity contribution < 1.29 is 0 Å². The lowest BCUT2D eigenvalue weighted by Gasteiger charge is -2.31. The Hall–Kier alpha value is -1.02. The fraction of sp³-hybridized carbons (Fsp3) is 0.647. The first-order valence-electron chi connectivity index (χ1n) is 7.55. The zero-order valence-electron chi connectivity index (χ0n) is 13.4. The summed E-state index contributed by atoms with van der Waals surface area (Å²) in [5.74, 6) is 0.683. The zero-order chi connectivity index (χ0) is 14.4. The van der Waals surface area contributed by atoms with Crippen molar-refractivity contribution in [3.8, 4) is 0 Å². The van der Waals surface area contributed by atoms with Crippen molar-refractivity contribution in [3.05, 3.63) is 29.8 Å². The van der Waals surface area contributed by atoms with Gasteiger partial charge in [0.1, 0.15) is 0 Å². The first-order valence-corrected chi connectivity index (χ1v) is 7.55. The molecular formula is C17H30N2. The summed E-state index contributed by atoms with van der Waals surface area (Å²) in [5.41, 5.74) is 2.69. The van der Waals surface area contributed by atoms with Crippen molar-refractivity contribution in [1.82, 2.24) is 5.32 Å².